The summed E-state index contributed by atoms with van der Waals surface area (Å²) in [5.74, 6) is 0. The van der Waals surface area contributed by atoms with Gasteiger partial charge in [-0.25, -0.2) is 0 Å². The molecule has 1 aliphatic rings. The van der Waals surface area contributed by atoms with Crippen LogP contribution in [0.3, 0.4) is 0 Å². The molecule has 2 heteroatoms. The molecule has 2 aromatic carbocycles. The van der Waals surface area contributed by atoms with Crippen molar-refractivity contribution in [2.24, 2.45) is 0 Å². The third-order valence-electron chi connectivity index (χ3n) is 4.29. The Morgan fingerprint density at radius 1 is 1.16 bits per heavy atom. The van der Waals surface area contributed by atoms with Crippen molar-refractivity contribution >= 4 is 10.8 Å². The SMILES string of the molecule is CNC1CCOC(C)(c2cccc3ccccc23)C1. The van der Waals surface area contributed by atoms with Crippen LogP contribution in [0.5, 0.6) is 0 Å². The van der Waals surface area contributed by atoms with Crippen LogP contribution in [-0.4, -0.2) is 19.7 Å². The number of rotatable bonds is 2. The molecule has 0 radical (unpaired) electrons. The van der Waals surface area contributed by atoms with E-state index in [4.69, 9.17) is 4.74 Å². The number of nitrogens with one attached hydrogen (secondary N) is 1. The first-order valence-corrected chi connectivity index (χ1v) is 7.02. The minimum absolute atomic E-state index is 0.188. The van der Waals surface area contributed by atoms with Gasteiger partial charge >= 0.3 is 0 Å². The van der Waals surface area contributed by atoms with Crippen LogP contribution in [-0.2, 0) is 10.3 Å². The molecule has 1 heterocycles. The summed E-state index contributed by atoms with van der Waals surface area (Å²) in [5.41, 5.74) is 1.12. The van der Waals surface area contributed by atoms with Gasteiger partial charge in [0, 0.05) is 12.6 Å². The maximum Gasteiger partial charge on any atom is 0.0924 e. The molecule has 0 spiro atoms. The van der Waals surface area contributed by atoms with Gasteiger partial charge in [-0.2, -0.15) is 0 Å². The van der Waals surface area contributed by atoms with Gasteiger partial charge in [0.15, 0.2) is 0 Å². The largest absolute Gasteiger partial charge is 0.370 e. The van der Waals surface area contributed by atoms with E-state index in [9.17, 15) is 0 Å². The molecule has 1 fully saturated rings. The van der Waals surface area contributed by atoms with Crippen LogP contribution in [0.4, 0.5) is 0 Å². The summed E-state index contributed by atoms with van der Waals surface area (Å²) >= 11 is 0. The fourth-order valence-corrected chi connectivity index (χ4v) is 3.18. The second-order valence-electron chi connectivity index (χ2n) is 5.58. The summed E-state index contributed by atoms with van der Waals surface area (Å²) in [7, 11) is 2.04. The lowest BCUT2D eigenvalue weighted by Crippen LogP contribution is -2.42. The molecule has 19 heavy (non-hydrogen) atoms. The molecule has 0 amide bonds. The minimum Gasteiger partial charge on any atom is -0.370 e. The first-order chi connectivity index (χ1) is 9.23. The standard InChI is InChI=1S/C17H21NO/c1-17(12-14(18-2)10-11-19-17)16-9-5-7-13-6-3-4-8-15(13)16/h3-9,14,18H,10-12H2,1-2H3. The van der Waals surface area contributed by atoms with Gasteiger partial charge < -0.3 is 10.1 Å². The summed E-state index contributed by atoms with van der Waals surface area (Å²) in [5, 5.41) is 5.99. The molecule has 1 saturated heterocycles. The highest BCUT2D eigenvalue weighted by atomic mass is 16.5. The smallest absolute Gasteiger partial charge is 0.0924 e. The zero-order valence-electron chi connectivity index (χ0n) is 11.6. The Kier molecular flexibility index (Phi) is 3.29. The second kappa shape index (κ2) is 4.95. The Labute approximate surface area is 114 Å². The number of benzene rings is 2. The monoisotopic (exact) mass is 255 g/mol. The second-order valence-corrected chi connectivity index (χ2v) is 5.58. The molecule has 1 N–H and O–H groups in total. The van der Waals surface area contributed by atoms with Gasteiger partial charge in [0.25, 0.3) is 0 Å². The van der Waals surface area contributed by atoms with Crippen LogP contribution in [0.2, 0.25) is 0 Å². The molecule has 0 bridgehead atoms. The summed E-state index contributed by atoms with van der Waals surface area (Å²) in [6.45, 7) is 3.05. The topological polar surface area (TPSA) is 21.3 Å². The minimum atomic E-state index is -0.188. The van der Waals surface area contributed by atoms with E-state index in [0.717, 1.165) is 19.4 Å². The van der Waals surface area contributed by atoms with Crippen molar-refractivity contribution < 1.29 is 4.74 Å². The Balaban J connectivity index is 2.07. The van der Waals surface area contributed by atoms with E-state index in [1.54, 1.807) is 0 Å². The highest BCUT2D eigenvalue weighted by molar-refractivity contribution is 5.86. The maximum absolute atomic E-state index is 6.15. The fourth-order valence-electron chi connectivity index (χ4n) is 3.18. The van der Waals surface area contributed by atoms with Crippen molar-refractivity contribution in [2.45, 2.75) is 31.4 Å². The van der Waals surface area contributed by atoms with E-state index >= 15 is 0 Å². The van der Waals surface area contributed by atoms with E-state index in [-0.39, 0.29) is 5.60 Å². The van der Waals surface area contributed by atoms with Crippen molar-refractivity contribution in [3.8, 4) is 0 Å². The van der Waals surface area contributed by atoms with E-state index in [1.165, 1.54) is 16.3 Å². The molecule has 100 valence electrons. The van der Waals surface area contributed by atoms with E-state index in [1.807, 2.05) is 7.05 Å². The first kappa shape index (κ1) is 12.6. The van der Waals surface area contributed by atoms with Crippen molar-refractivity contribution in [1.29, 1.82) is 0 Å². The predicted octanol–water partition coefficient (Wildman–Crippen LogP) is 3.45. The van der Waals surface area contributed by atoms with Gasteiger partial charge in [0.05, 0.1) is 5.60 Å². The fraction of sp³-hybridized carbons (Fsp3) is 0.412. The molecule has 2 atom stereocenters. The molecule has 1 aliphatic heterocycles. The molecular weight excluding hydrogens is 234 g/mol. The van der Waals surface area contributed by atoms with E-state index in [2.05, 4.69) is 54.7 Å². The number of ether oxygens (including phenoxy) is 1. The third-order valence-corrected chi connectivity index (χ3v) is 4.29. The van der Waals surface area contributed by atoms with Gasteiger partial charge in [0.2, 0.25) is 0 Å². The van der Waals surface area contributed by atoms with Crippen LogP contribution in [0, 0.1) is 0 Å². The quantitative estimate of drug-likeness (QED) is 0.887. The Bertz CT molecular complexity index is 575. The van der Waals surface area contributed by atoms with Gasteiger partial charge in [0.1, 0.15) is 0 Å². The van der Waals surface area contributed by atoms with Crippen molar-refractivity contribution in [3.63, 3.8) is 0 Å². The highest BCUT2D eigenvalue weighted by Gasteiger charge is 2.35. The van der Waals surface area contributed by atoms with Crippen LogP contribution < -0.4 is 5.32 Å². The van der Waals surface area contributed by atoms with Gasteiger partial charge in [-0.3, -0.25) is 0 Å². The van der Waals surface area contributed by atoms with E-state index in [0.29, 0.717) is 6.04 Å². The van der Waals surface area contributed by atoms with Crippen LogP contribution in [0.25, 0.3) is 10.8 Å². The van der Waals surface area contributed by atoms with Crippen LogP contribution >= 0.6 is 0 Å². The molecular formula is C17H21NO. The Hall–Kier alpha value is -1.38. The zero-order chi connectivity index (χ0) is 13.3. The Morgan fingerprint density at radius 2 is 1.95 bits per heavy atom. The molecule has 0 aliphatic carbocycles. The Morgan fingerprint density at radius 3 is 2.79 bits per heavy atom. The summed E-state index contributed by atoms with van der Waals surface area (Å²) in [4.78, 5) is 0. The highest BCUT2D eigenvalue weighted by Crippen LogP contribution is 2.38. The molecule has 3 rings (SSSR count). The summed E-state index contributed by atoms with van der Waals surface area (Å²) in [6, 6.07) is 15.6. The average molecular weight is 255 g/mol. The number of fused-ring (bicyclic) bond motifs is 1. The molecule has 2 aromatic rings. The molecule has 2 unspecified atom stereocenters. The lowest BCUT2D eigenvalue weighted by atomic mass is 9.83. The zero-order valence-corrected chi connectivity index (χ0v) is 11.6. The first-order valence-electron chi connectivity index (χ1n) is 7.02. The number of hydrogen-bond acceptors (Lipinski definition) is 2. The van der Waals surface area contributed by atoms with Crippen molar-refractivity contribution in [2.75, 3.05) is 13.7 Å². The third kappa shape index (κ3) is 2.26. The lowest BCUT2D eigenvalue weighted by molar-refractivity contribution is -0.0794. The number of hydrogen-bond donors (Lipinski definition) is 1. The molecule has 0 aromatic heterocycles. The summed E-state index contributed by atoms with van der Waals surface area (Å²) < 4.78 is 6.15. The van der Waals surface area contributed by atoms with Crippen LogP contribution in [0.1, 0.15) is 25.3 Å². The summed E-state index contributed by atoms with van der Waals surface area (Å²) in [6.07, 6.45) is 2.12. The predicted molar refractivity (Wildman–Crippen MR) is 79.3 cm³/mol. The van der Waals surface area contributed by atoms with Gasteiger partial charge in [-0.15, -0.1) is 0 Å². The molecule has 0 saturated carbocycles. The van der Waals surface area contributed by atoms with Crippen LogP contribution in [0.15, 0.2) is 42.5 Å². The molecule has 2 nitrogen and oxygen atoms in total. The lowest BCUT2D eigenvalue weighted by Gasteiger charge is -2.39. The maximum atomic E-state index is 6.15. The average Bonchev–Trinajstić information content (AvgIpc) is 2.46. The van der Waals surface area contributed by atoms with Gasteiger partial charge in [-0.05, 0) is 43.1 Å². The normalized spacial score (nSPS) is 27.6. The van der Waals surface area contributed by atoms with Crippen molar-refractivity contribution in [3.05, 3.63) is 48.0 Å². The van der Waals surface area contributed by atoms with E-state index < -0.39 is 0 Å². The van der Waals surface area contributed by atoms with Crippen molar-refractivity contribution in [1.82, 2.24) is 5.32 Å². The van der Waals surface area contributed by atoms with Gasteiger partial charge in [-0.1, -0.05) is 42.5 Å².